The third-order valence-corrected chi connectivity index (χ3v) is 6.89. The highest BCUT2D eigenvalue weighted by atomic mass is 127. The average Bonchev–Trinajstić information content (AvgIpc) is 3.31. The molecule has 1 amide bonds. The number of carbonyl (C=O) groups is 1. The van der Waals surface area contributed by atoms with E-state index >= 15 is 0 Å². The Kier molecular flexibility index (Phi) is 8.85. The molecule has 1 heterocycles. The zero-order chi connectivity index (χ0) is 26.2. The second kappa shape index (κ2) is 12.5. The number of nitrogens with one attached hydrogen (secondary N) is 2. The van der Waals surface area contributed by atoms with Crippen LogP contribution in [0.4, 0.5) is 11.4 Å². The molecule has 0 aliphatic carbocycles. The van der Waals surface area contributed by atoms with Gasteiger partial charge in [-0.1, -0.05) is 42.1 Å². The fourth-order valence-electron chi connectivity index (χ4n) is 3.27. The van der Waals surface area contributed by atoms with E-state index in [0.29, 0.717) is 23.1 Å². The molecule has 0 unspecified atom stereocenters. The summed E-state index contributed by atoms with van der Waals surface area (Å²) in [4.78, 5) is 23.1. The lowest BCUT2D eigenvalue weighted by Crippen LogP contribution is -2.27. The van der Waals surface area contributed by atoms with Crippen LogP contribution in [0.2, 0.25) is 0 Å². The summed E-state index contributed by atoms with van der Waals surface area (Å²) in [6.07, 6.45) is 1.36. The molecule has 0 spiro atoms. The Morgan fingerprint density at radius 1 is 1.14 bits per heavy atom. The predicted octanol–water partition coefficient (Wildman–Crippen LogP) is 5.02. The third-order valence-electron chi connectivity index (χ3n) is 5.13. The van der Waals surface area contributed by atoms with Crippen molar-refractivity contribution in [2.45, 2.75) is 23.9 Å². The van der Waals surface area contributed by atoms with E-state index in [1.807, 2.05) is 59.2 Å². The SMILES string of the molecule is C[C@@H](Sc1nnc(CNc2ccc(I)cc2)n1-c1ccccc1)C(=O)N/N=C\c1cccc([N+](=O)[O-])c1. The number of halogens is 1. The van der Waals surface area contributed by atoms with Crippen molar-refractivity contribution < 1.29 is 9.72 Å². The molecule has 1 aromatic heterocycles. The number of nitrogens with zero attached hydrogens (tertiary/aromatic N) is 5. The molecule has 1 atom stereocenters. The molecule has 0 saturated carbocycles. The standard InChI is InChI=1S/C25H22IN7O3S/c1-17(24(34)30-28-15-18-6-5-9-22(14-18)33(35)36)37-25-31-29-23(32(25)21-7-3-2-4-8-21)16-27-20-12-10-19(26)11-13-20/h2-15,17,27H,16H2,1H3,(H,30,34)/b28-15-/t17-/m1/s1. The van der Waals surface area contributed by atoms with Gasteiger partial charge in [-0.25, -0.2) is 5.43 Å². The van der Waals surface area contributed by atoms with Crippen LogP contribution in [0.25, 0.3) is 5.69 Å². The van der Waals surface area contributed by atoms with Gasteiger partial charge in [-0.15, -0.1) is 10.2 Å². The second-order valence-electron chi connectivity index (χ2n) is 7.78. The fourth-order valence-corrected chi connectivity index (χ4v) is 4.51. The van der Waals surface area contributed by atoms with Gasteiger partial charge in [-0.2, -0.15) is 5.10 Å². The number of carbonyl (C=O) groups excluding carboxylic acids is 1. The first-order valence-corrected chi connectivity index (χ1v) is 13.1. The van der Waals surface area contributed by atoms with Crippen LogP contribution in [0.15, 0.2) is 89.1 Å². The molecule has 0 aliphatic heterocycles. The highest BCUT2D eigenvalue weighted by Gasteiger charge is 2.21. The van der Waals surface area contributed by atoms with E-state index in [4.69, 9.17) is 0 Å². The summed E-state index contributed by atoms with van der Waals surface area (Å²) < 4.78 is 3.07. The summed E-state index contributed by atoms with van der Waals surface area (Å²) in [6, 6.07) is 23.7. The Balaban J connectivity index is 1.45. The van der Waals surface area contributed by atoms with E-state index in [-0.39, 0.29) is 11.6 Å². The van der Waals surface area contributed by atoms with Crippen LogP contribution in [-0.4, -0.2) is 37.1 Å². The predicted molar refractivity (Wildman–Crippen MR) is 152 cm³/mol. The fraction of sp³-hybridized carbons (Fsp3) is 0.120. The number of hydrogen-bond acceptors (Lipinski definition) is 8. The van der Waals surface area contributed by atoms with Crippen molar-refractivity contribution in [2.75, 3.05) is 5.32 Å². The van der Waals surface area contributed by atoms with E-state index < -0.39 is 10.2 Å². The Morgan fingerprint density at radius 2 is 1.89 bits per heavy atom. The van der Waals surface area contributed by atoms with Gasteiger partial charge in [-0.3, -0.25) is 19.5 Å². The second-order valence-corrected chi connectivity index (χ2v) is 10.3. The number of nitro groups is 1. The number of benzene rings is 3. The third kappa shape index (κ3) is 7.13. The minimum atomic E-state index is -0.536. The molecular weight excluding hydrogens is 605 g/mol. The van der Waals surface area contributed by atoms with Crippen molar-refractivity contribution >= 4 is 57.8 Å². The Hall–Kier alpha value is -3.78. The molecule has 10 nitrogen and oxygen atoms in total. The molecule has 4 aromatic rings. The number of aromatic nitrogens is 3. The minimum Gasteiger partial charge on any atom is -0.378 e. The van der Waals surface area contributed by atoms with Crippen molar-refractivity contribution in [3.8, 4) is 5.69 Å². The largest absolute Gasteiger partial charge is 0.378 e. The van der Waals surface area contributed by atoms with E-state index in [0.717, 1.165) is 14.9 Å². The molecule has 0 saturated heterocycles. The first-order valence-electron chi connectivity index (χ1n) is 11.1. The molecule has 188 valence electrons. The number of amides is 1. The number of thioether (sulfide) groups is 1. The molecule has 3 aromatic carbocycles. The van der Waals surface area contributed by atoms with Gasteiger partial charge in [0.25, 0.3) is 11.6 Å². The van der Waals surface area contributed by atoms with Gasteiger partial charge in [0.1, 0.15) is 0 Å². The van der Waals surface area contributed by atoms with Crippen molar-refractivity contribution in [1.82, 2.24) is 20.2 Å². The number of hydrogen-bond donors (Lipinski definition) is 2. The molecule has 0 fully saturated rings. The van der Waals surface area contributed by atoms with Crippen LogP contribution in [0.5, 0.6) is 0 Å². The monoisotopic (exact) mass is 627 g/mol. The van der Waals surface area contributed by atoms with E-state index in [9.17, 15) is 14.9 Å². The normalized spacial score (nSPS) is 11.8. The van der Waals surface area contributed by atoms with Crippen LogP contribution < -0.4 is 10.7 Å². The zero-order valence-corrected chi connectivity index (χ0v) is 22.6. The minimum absolute atomic E-state index is 0.0493. The smallest absolute Gasteiger partial charge is 0.270 e. The molecule has 2 N–H and O–H groups in total. The first-order chi connectivity index (χ1) is 17.9. The summed E-state index contributed by atoms with van der Waals surface area (Å²) in [7, 11) is 0. The zero-order valence-electron chi connectivity index (χ0n) is 19.6. The Labute approximate surface area is 230 Å². The molecule has 0 radical (unpaired) electrons. The van der Waals surface area contributed by atoms with Gasteiger partial charge < -0.3 is 5.32 Å². The van der Waals surface area contributed by atoms with E-state index in [2.05, 4.69) is 48.6 Å². The first kappa shape index (κ1) is 26.3. The molecular formula is C25H22IN7O3S. The van der Waals surface area contributed by atoms with Crippen molar-refractivity contribution in [3.05, 3.63) is 104 Å². The number of nitro benzene ring substituents is 1. The van der Waals surface area contributed by atoms with Crippen LogP contribution in [0, 0.1) is 13.7 Å². The highest BCUT2D eigenvalue weighted by molar-refractivity contribution is 14.1. The number of anilines is 1. The van der Waals surface area contributed by atoms with Crippen LogP contribution in [0.3, 0.4) is 0 Å². The molecule has 37 heavy (non-hydrogen) atoms. The molecule has 0 bridgehead atoms. The summed E-state index contributed by atoms with van der Waals surface area (Å²) in [5.41, 5.74) is 4.79. The van der Waals surface area contributed by atoms with Gasteiger partial charge in [-0.05, 0) is 65.9 Å². The van der Waals surface area contributed by atoms with Crippen molar-refractivity contribution in [1.29, 1.82) is 0 Å². The summed E-state index contributed by atoms with van der Waals surface area (Å²) in [5.74, 6) is 0.358. The quantitative estimate of drug-likeness (QED) is 0.0831. The Bertz CT molecular complexity index is 1410. The average molecular weight is 627 g/mol. The number of hydrazone groups is 1. The topological polar surface area (TPSA) is 127 Å². The maximum absolute atomic E-state index is 12.7. The maximum Gasteiger partial charge on any atom is 0.270 e. The van der Waals surface area contributed by atoms with E-state index in [1.165, 1.54) is 30.1 Å². The molecule has 12 heteroatoms. The molecule has 0 aliphatic rings. The van der Waals surface area contributed by atoms with Crippen LogP contribution >= 0.6 is 34.4 Å². The van der Waals surface area contributed by atoms with Crippen molar-refractivity contribution in [3.63, 3.8) is 0 Å². The van der Waals surface area contributed by atoms with Gasteiger partial charge >= 0.3 is 0 Å². The molecule has 4 rings (SSSR count). The summed E-state index contributed by atoms with van der Waals surface area (Å²) >= 11 is 3.52. The lowest BCUT2D eigenvalue weighted by Gasteiger charge is -2.13. The number of para-hydroxylation sites is 1. The highest BCUT2D eigenvalue weighted by Crippen LogP contribution is 2.26. The summed E-state index contributed by atoms with van der Waals surface area (Å²) in [6.45, 7) is 2.19. The number of non-ortho nitro benzene ring substituents is 1. The lowest BCUT2D eigenvalue weighted by atomic mass is 10.2. The van der Waals surface area contributed by atoms with Crippen molar-refractivity contribution in [2.24, 2.45) is 5.10 Å². The van der Waals surface area contributed by atoms with Gasteiger partial charge in [0.05, 0.1) is 22.9 Å². The maximum atomic E-state index is 12.7. The van der Waals surface area contributed by atoms with Gasteiger partial charge in [0.15, 0.2) is 11.0 Å². The van der Waals surface area contributed by atoms with Gasteiger partial charge in [0.2, 0.25) is 0 Å². The van der Waals surface area contributed by atoms with Gasteiger partial charge in [0, 0.05) is 32.6 Å². The van der Waals surface area contributed by atoms with Crippen LogP contribution in [0.1, 0.15) is 18.3 Å². The Morgan fingerprint density at radius 3 is 2.62 bits per heavy atom. The van der Waals surface area contributed by atoms with Crippen LogP contribution in [-0.2, 0) is 11.3 Å². The number of rotatable bonds is 10. The summed E-state index contributed by atoms with van der Waals surface area (Å²) in [5, 5.41) is 27.0. The van der Waals surface area contributed by atoms with E-state index in [1.54, 1.807) is 19.1 Å². The lowest BCUT2D eigenvalue weighted by molar-refractivity contribution is -0.384.